The average molecular weight is 497 g/mol. The third-order valence-corrected chi connectivity index (χ3v) is 9.41. The van der Waals surface area contributed by atoms with E-state index in [1.165, 1.54) is 47.0 Å². The lowest BCUT2D eigenvalue weighted by atomic mass is 9.88. The number of esters is 1. The smallest absolute Gasteiger partial charge is 0.341 e. The lowest BCUT2D eigenvalue weighted by molar-refractivity contribution is -0.119. The Balaban J connectivity index is 1.61. The van der Waals surface area contributed by atoms with E-state index in [1.807, 2.05) is 0 Å². The molecule has 1 N–H and O–H groups in total. The first-order valence-electron chi connectivity index (χ1n) is 10.5. The van der Waals surface area contributed by atoms with Crippen LogP contribution in [0, 0.1) is 5.92 Å². The summed E-state index contributed by atoms with van der Waals surface area (Å²) in [5.41, 5.74) is 1.34. The van der Waals surface area contributed by atoms with Gasteiger partial charge in [0, 0.05) is 16.4 Å². The molecule has 1 aromatic carbocycles. The monoisotopic (exact) mass is 496 g/mol. The number of halogens is 1. The summed E-state index contributed by atoms with van der Waals surface area (Å²) in [6, 6.07) is 5.06. The van der Waals surface area contributed by atoms with Gasteiger partial charge in [-0.1, -0.05) is 18.5 Å². The van der Waals surface area contributed by atoms with Crippen LogP contribution in [0.15, 0.2) is 29.2 Å². The second kappa shape index (κ2) is 9.13. The third kappa shape index (κ3) is 4.31. The summed E-state index contributed by atoms with van der Waals surface area (Å²) < 4.78 is 32.5. The van der Waals surface area contributed by atoms with Crippen molar-refractivity contribution in [2.45, 2.75) is 50.0 Å². The van der Waals surface area contributed by atoms with Gasteiger partial charge in [-0.05, 0) is 67.9 Å². The van der Waals surface area contributed by atoms with E-state index in [0.717, 1.165) is 29.7 Å². The molecule has 2 aliphatic rings. The number of carbonyl (C=O) groups is 2. The van der Waals surface area contributed by atoms with Gasteiger partial charge >= 0.3 is 5.97 Å². The van der Waals surface area contributed by atoms with Gasteiger partial charge in [0.1, 0.15) is 11.0 Å². The highest BCUT2D eigenvalue weighted by Crippen LogP contribution is 2.40. The van der Waals surface area contributed by atoms with Gasteiger partial charge in [0.05, 0.1) is 17.6 Å². The molecule has 0 spiro atoms. The molecular formula is C22H25ClN2O5S2. The van der Waals surface area contributed by atoms with Crippen molar-refractivity contribution >= 4 is 49.8 Å². The fraction of sp³-hybridized carbons (Fsp3) is 0.455. The number of hydrogen-bond acceptors (Lipinski definition) is 6. The van der Waals surface area contributed by atoms with Crippen molar-refractivity contribution in [1.82, 2.24) is 4.31 Å². The quantitative estimate of drug-likeness (QED) is 0.629. The highest BCUT2D eigenvalue weighted by atomic mass is 35.5. The summed E-state index contributed by atoms with van der Waals surface area (Å²) in [6.07, 6.45) is 3.56. The van der Waals surface area contributed by atoms with E-state index in [-0.39, 0.29) is 11.4 Å². The number of sulfonamides is 1. The van der Waals surface area contributed by atoms with Crippen LogP contribution in [0.5, 0.6) is 0 Å². The number of methoxy groups -OCH3 is 1. The Morgan fingerprint density at radius 2 is 1.94 bits per heavy atom. The molecule has 1 saturated heterocycles. The Kier molecular flexibility index (Phi) is 6.63. The van der Waals surface area contributed by atoms with Gasteiger partial charge in [-0.3, -0.25) is 4.79 Å². The normalized spacial score (nSPS) is 21.2. The first-order chi connectivity index (χ1) is 15.2. The maximum absolute atomic E-state index is 13.2. The number of benzene rings is 1. The molecule has 1 aromatic heterocycles. The lowest BCUT2D eigenvalue weighted by Crippen LogP contribution is -2.43. The van der Waals surface area contributed by atoms with Crippen LogP contribution in [0.1, 0.15) is 47.0 Å². The molecule has 4 rings (SSSR count). The molecule has 0 radical (unpaired) electrons. The summed E-state index contributed by atoms with van der Waals surface area (Å²) in [7, 11) is -2.54. The van der Waals surface area contributed by atoms with Crippen LogP contribution < -0.4 is 5.32 Å². The van der Waals surface area contributed by atoms with Crippen molar-refractivity contribution < 1.29 is 22.7 Å². The molecule has 1 amide bonds. The van der Waals surface area contributed by atoms with E-state index in [0.29, 0.717) is 34.3 Å². The number of ether oxygens (including phenoxy) is 1. The van der Waals surface area contributed by atoms with Crippen molar-refractivity contribution in [2.75, 3.05) is 19.0 Å². The van der Waals surface area contributed by atoms with Crippen molar-refractivity contribution in [1.29, 1.82) is 0 Å². The Morgan fingerprint density at radius 3 is 2.62 bits per heavy atom. The molecule has 0 bridgehead atoms. The molecule has 10 heteroatoms. The Hall–Kier alpha value is -1.94. The third-order valence-electron chi connectivity index (χ3n) is 6.06. The topological polar surface area (TPSA) is 92.8 Å². The van der Waals surface area contributed by atoms with Crippen LogP contribution in [-0.4, -0.2) is 44.3 Å². The molecule has 1 aliphatic heterocycles. The maximum atomic E-state index is 13.2. The van der Waals surface area contributed by atoms with Gasteiger partial charge in [0.2, 0.25) is 15.9 Å². The van der Waals surface area contributed by atoms with Gasteiger partial charge in [0.25, 0.3) is 0 Å². The van der Waals surface area contributed by atoms with E-state index in [9.17, 15) is 18.0 Å². The van der Waals surface area contributed by atoms with Crippen LogP contribution in [0.3, 0.4) is 0 Å². The summed E-state index contributed by atoms with van der Waals surface area (Å²) in [4.78, 5) is 26.9. The summed E-state index contributed by atoms with van der Waals surface area (Å²) in [5, 5.41) is 3.73. The molecule has 7 nitrogen and oxygen atoms in total. The number of nitrogens with one attached hydrogen (secondary N) is 1. The summed E-state index contributed by atoms with van der Waals surface area (Å²) in [5.74, 6) is -0.411. The maximum Gasteiger partial charge on any atom is 0.341 e. The summed E-state index contributed by atoms with van der Waals surface area (Å²) >= 11 is 7.27. The molecule has 1 aliphatic carbocycles. The van der Waals surface area contributed by atoms with Crippen molar-refractivity contribution in [3.8, 4) is 0 Å². The standard InChI is InChI=1S/C22H25ClN2O5S2/c1-13-5-10-16-18(12-13)31-21(19(16)22(27)30-2)24-20(26)17-4-3-11-25(17)32(28,29)15-8-6-14(23)7-9-15/h6-9,13,17H,3-5,10-12H2,1-2H3,(H,24,26). The van der Waals surface area contributed by atoms with Crippen LogP contribution >= 0.6 is 22.9 Å². The van der Waals surface area contributed by atoms with E-state index < -0.39 is 27.9 Å². The minimum atomic E-state index is -3.86. The number of anilines is 1. The number of hydrogen-bond donors (Lipinski definition) is 1. The van der Waals surface area contributed by atoms with Gasteiger partial charge in [-0.25, -0.2) is 13.2 Å². The minimum Gasteiger partial charge on any atom is -0.465 e. The molecule has 2 atom stereocenters. The molecule has 172 valence electrons. The van der Waals surface area contributed by atoms with Gasteiger partial charge in [-0.15, -0.1) is 11.3 Å². The first kappa shape index (κ1) is 23.2. The average Bonchev–Trinajstić information content (AvgIpc) is 3.38. The SMILES string of the molecule is COC(=O)c1c(NC(=O)C2CCCN2S(=O)(=O)c2ccc(Cl)cc2)sc2c1CCC(C)C2. The zero-order valence-corrected chi connectivity index (χ0v) is 20.3. The van der Waals surface area contributed by atoms with Crippen LogP contribution in [0.4, 0.5) is 5.00 Å². The van der Waals surface area contributed by atoms with Crippen molar-refractivity contribution in [3.63, 3.8) is 0 Å². The van der Waals surface area contributed by atoms with E-state index in [2.05, 4.69) is 12.2 Å². The molecule has 1 fully saturated rings. The largest absolute Gasteiger partial charge is 0.465 e. The fourth-order valence-corrected chi connectivity index (χ4v) is 7.57. The number of fused-ring (bicyclic) bond motifs is 1. The van der Waals surface area contributed by atoms with Crippen molar-refractivity contribution in [2.24, 2.45) is 5.92 Å². The number of thiophene rings is 1. The van der Waals surface area contributed by atoms with Gasteiger partial charge in [0.15, 0.2) is 0 Å². The highest BCUT2D eigenvalue weighted by Gasteiger charge is 2.40. The van der Waals surface area contributed by atoms with E-state index in [1.54, 1.807) is 0 Å². The zero-order chi connectivity index (χ0) is 23.0. The number of rotatable bonds is 5. The number of carbonyl (C=O) groups excluding carboxylic acids is 2. The summed E-state index contributed by atoms with van der Waals surface area (Å²) in [6.45, 7) is 2.42. The Bertz CT molecular complexity index is 1140. The molecule has 0 saturated carbocycles. The van der Waals surface area contributed by atoms with Crippen LogP contribution in [0.25, 0.3) is 0 Å². The second-order valence-electron chi connectivity index (χ2n) is 8.26. The molecule has 2 aromatic rings. The fourth-order valence-electron chi connectivity index (χ4n) is 4.38. The molecule has 32 heavy (non-hydrogen) atoms. The van der Waals surface area contributed by atoms with Gasteiger partial charge < -0.3 is 10.1 Å². The predicted molar refractivity (Wildman–Crippen MR) is 124 cm³/mol. The van der Waals surface area contributed by atoms with E-state index >= 15 is 0 Å². The van der Waals surface area contributed by atoms with Gasteiger partial charge in [-0.2, -0.15) is 4.31 Å². The second-order valence-corrected chi connectivity index (χ2v) is 11.7. The Labute approximate surface area is 196 Å². The molecule has 2 unspecified atom stereocenters. The van der Waals surface area contributed by atoms with Crippen molar-refractivity contribution in [3.05, 3.63) is 45.3 Å². The zero-order valence-electron chi connectivity index (χ0n) is 17.9. The minimum absolute atomic E-state index is 0.0948. The van der Waals surface area contributed by atoms with E-state index in [4.69, 9.17) is 16.3 Å². The molecule has 2 heterocycles. The molecular weight excluding hydrogens is 472 g/mol. The van der Waals surface area contributed by atoms with Crippen LogP contribution in [0.2, 0.25) is 5.02 Å². The number of amides is 1. The number of nitrogens with zero attached hydrogens (tertiary/aromatic N) is 1. The Morgan fingerprint density at radius 1 is 1.22 bits per heavy atom. The highest BCUT2D eigenvalue weighted by molar-refractivity contribution is 7.89. The first-order valence-corrected chi connectivity index (χ1v) is 13.2. The van der Waals surface area contributed by atoms with Crippen LogP contribution in [-0.2, 0) is 32.4 Å². The lowest BCUT2D eigenvalue weighted by Gasteiger charge is -2.23. The predicted octanol–water partition coefficient (Wildman–Crippen LogP) is 4.10.